The number of hydrogen-bond acceptors (Lipinski definition) is 3. The van der Waals surface area contributed by atoms with Crippen LogP contribution in [-0.4, -0.2) is 24.5 Å². The van der Waals surface area contributed by atoms with Crippen LogP contribution < -0.4 is 10.6 Å². The number of rotatable bonds is 5. The summed E-state index contributed by atoms with van der Waals surface area (Å²) in [6.45, 7) is 9.47. The lowest BCUT2D eigenvalue weighted by atomic mass is 10.1. The Hall–Kier alpha value is -1.57. The fraction of sp³-hybridized carbons (Fsp3) is 0.444. The van der Waals surface area contributed by atoms with Crippen molar-refractivity contribution in [3.63, 3.8) is 0 Å². The highest BCUT2D eigenvalue weighted by Crippen LogP contribution is 2.09. The minimum atomic E-state index is 0. The van der Waals surface area contributed by atoms with E-state index >= 15 is 0 Å². The quantitative estimate of drug-likeness (QED) is 0.423. The molecule has 132 valence electrons. The third kappa shape index (κ3) is 6.14. The molecule has 1 aromatic carbocycles. The summed E-state index contributed by atoms with van der Waals surface area (Å²) in [6.07, 6.45) is 0.959. The monoisotopic (exact) mass is 442 g/mol. The predicted molar refractivity (Wildman–Crippen MR) is 109 cm³/mol. The lowest BCUT2D eigenvalue weighted by molar-refractivity contribution is 0.464. The number of nitrogens with one attached hydrogen (secondary N) is 2. The Labute approximate surface area is 161 Å². The molecule has 0 spiro atoms. The number of guanidine groups is 1. The van der Waals surface area contributed by atoms with Gasteiger partial charge in [0.25, 0.3) is 0 Å². The molecule has 0 radical (unpaired) electrons. The average Bonchev–Trinajstić information content (AvgIpc) is 2.80. The maximum Gasteiger partial charge on any atom is 0.214 e. The Kier molecular flexibility index (Phi) is 8.24. The van der Waals surface area contributed by atoms with Crippen LogP contribution in [0.5, 0.6) is 0 Å². The molecule has 2 rings (SSSR count). The van der Waals surface area contributed by atoms with Crippen LogP contribution in [-0.2, 0) is 13.0 Å². The van der Waals surface area contributed by atoms with Crippen molar-refractivity contribution in [3.8, 4) is 0 Å². The molecule has 0 saturated heterocycles. The number of aryl methyl sites for hydroxylation is 4. The second-order valence-corrected chi connectivity index (χ2v) is 5.85. The Morgan fingerprint density at radius 2 is 1.75 bits per heavy atom. The Morgan fingerprint density at radius 1 is 1.08 bits per heavy atom. The number of aromatic nitrogens is 1. The van der Waals surface area contributed by atoms with Crippen molar-refractivity contribution < 1.29 is 4.42 Å². The van der Waals surface area contributed by atoms with Gasteiger partial charge in [0.15, 0.2) is 5.96 Å². The van der Waals surface area contributed by atoms with Gasteiger partial charge in [-0.15, -0.1) is 24.0 Å². The van der Waals surface area contributed by atoms with Crippen LogP contribution in [0.1, 0.15) is 34.0 Å². The number of benzene rings is 1. The standard InChI is InChI=1S/C18H26N4O.HI/c1-12-8-13(2)10-16(9-12)6-7-20-18(19-5)21-11-17-22-14(3)15(4)23-17;/h8-10H,6-7,11H2,1-5H3,(H2,19,20,21);1H. The molecular weight excluding hydrogens is 415 g/mol. The average molecular weight is 442 g/mol. The summed E-state index contributed by atoms with van der Waals surface area (Å²) in [5.74, 6) is 2.29. The molecule has 24 heavy (non-hydrogen) atoms. The van der Waals surface area contributed by atoms with Crippen molar-refractivity contribution in [1.82, 2.24) is 15.6 Å². The fourth-order valence-electron chi connectivity index (χ4n) is 2.53. The summed E-state index contributed by atoms with van der Waals surface area (Å²) < 4.78 is 5.55. The molecule has 1 heterocycles. The van der Waals surface area contributed by atoms with Gasteiger partial charge in [0.05, 0.1) is 12.2 Å². The summed E-state index contributed by atoms with van der Waals surface area (Å²) in [7, 11) is 1.76. The summed E-state index contributed by atoms with van der Waals surface area (Å²) in [4.78, 5) is 8.58. The van der Waals surface area contributed by atoms with Gasteiger partial charge in [-0.3, -0.25) is 4.99 Å². The van der Waals surface area contributed by atoms with Gasteiger partial charge in [-0.05, 0) is 39.7 Å². The van der Waals surface area contributed by atoms with E-state index in [2.05, 4.69) is 52.7 Å². The van der Waals surface area contributed by atoms with Gasteiger partial charge in [-0.25, -0.2) is 4.98 Å². The number of aliphatic imine (C=N–C) groups is 1. The Bertz CT molecular complexity index is 655. The largest absolute Gasteiger partial charge is 0.444 e. The normalized spacial score (nSPS) is 11.1. The molecule has 2 aromatic rings. The first kappa shape index (κ1) is 20.5. The summed E-state index contributed by atoms with van der Waals surface area (Å²) in [6, 6.07) is 6.64. The lowest BCUT2D eigenvalue weighted by Crippen LogP contribution is -2.37. The summed E-state index contributed by atoms with van der Waals surface area (Å²) in [5, 5.41) is 6.54. The second-order valence-electron chi connectivity index (χ2n) is 5.85. The molecule has 0 saturated carbocycles. The molecule has 0 aliphatic heterocycles. The summed E-state index contributed by atoms with van der Waals surface area (Å²) >= 11 is 0. The van der Waals surface area contributed by atoms with E-state index in [1.54, 1.807) is 7.05 Å². The molecule has 6 heteroatoms. The zero-order chi connectivity index (χ0) is 16.8. The highest BCUT2D eigenvalue weighted by atomic mass is 127. The second kappa shape index (κ2) is 9.66. The van der Waals surface area contributed by atoms with Gasteiger partial charge < -0.3 is 15.1 Å². The zero-order valence-corrected chi connectivity index (χ0v) is 17.4. The van der Waals surface area contributed by atoms with E-state index in [1.807, 2.05) is 13.8 Å². The Morgan fingerprint density at radius 3 is 2.29 bits per heavy atom. The minimum Gasteiger partial charge on any atom is -0.444 e. The molecule has 0 unspecified atom stereocenters. The van der Waals surface area contributed by atoms with E-state index in [4.69, 9.17) is 4.42 Å². The molecule has 0 amide bonds. The molecule has 0 bridgehead atoms. The third-order valence-corrected chi connectivity index (χ3v) is 3.69. The first-order chi connectivity index (χ1) is 11.0. The minimum absolute atomic E-state index is 0. The summed E-state index contributed by atoms with van der Waals surface area (Å²) in [5.41, 5.74) is 4.87. The number of halogens is 1. The smallest absolute Gasteiger partial charge is 0.214 e. The topological polar surface area (TPSA) is 62.5 Å². The van der Waals surface area contributed by atoms with Gasteiger partial charge in [0.1, 0.15) is 5.76 Å². The van der Waals surface area contributed by atoms with E-state index in [0.29, 0.717) is 12.4 Å². The first-order valence-electron chi connectivity index (χ1n) is 7.92. The van der Waals surface area contributed by atoms with Crippen LogP contribution in [0, 0.1) is 27.7 Å². The Balaban J connectivity index is 0.00000288. The van der Waals surface area contributed by atoms with E-state index in [9.17, 15) is 0 Å². The van der Waals surface area contributed by atoms with Crippen molar-refractivity contribution in [2.45, 2.75) is 40.7 Å². The SMILES string of the molecule is CN=C(NCCc1cc(C)cc(C)c1)NCc1nc(C)c(C)o1.I. The van der Waals surface area contributed by atoms with Crippen LogP contribution in [0.4, 0.5) is 0 Å². The highest BCUT2D eigenvalue weighted by molar-refractivity contribution is 14.0. The van der Waals surface area contributed by atoms with Crippen LogP contribution in [0.15, 0.2) is 27.6 Å². The predicted octanol–water partition coefficient (Wildman–Crippen LogP) is 3.43. The van der Waals surface area contributed by atoms with Crippen LogP contribution in [0.25, 0.3) is 0 Å². The van der Waals surface area contributed by atoms with Crippen molar-refractivity contribution in [1.29, 1.82) is 0 Å². The van der Waals surface area contributed by atoms with Gasteiger partial charge >= 0.3 is 0 Å². The fourth-order valence-corrected chi connectivity index (χ4v) is 2.53. The molecule has 0 aliphatic rings. The van der Waals surface area contributed by atoms with Crippen LogP contribution in [0.3, 0.4) is 0 Å². The molecule has 0 fully saturated rings. The zero-order valence-electron chi connectivity index (χ0n) is 15.1. The van der Waals surface area contributed by atoms with Gasteiger partial charge in [-0.1, -0.05) is 29.3 Å². The van der Waals surface area contributed by atoms with Gasteiger partial charge in [-0.2, -0.15) is 0 Å². The van der Waals surface area contributed by atoms with Gasteiger partial charge in [0, 0.05) is 13.6 Å². The van der Waals surface area contributed by atoms with Crippen LogP contribution >= 0.6 is 24.0 Å². The molecule has 2 N–H and O–H groups in total. The maximum atomic E-state index is 5.55. The van der Waals surface area contributed by atoms with E-state index in [1.165, 1.54) is 16.7 Å². The molecule has 0 aliphatic carbocycles. The molecule has 5 nitrogen and oxygen atoms in total. The van der Waals surface area contributed by atoms with Crippen LogP contribution in [0.2, 0.25) is 0 Å². The number of hydrogen-bond donors (Lipinski definition) is 2. The number of nitrogens with zero attached hydrogens (tertiary/aromatic N) is 2. The van der Waals surface area contributed by atoms with Crippen molar-refractivity contribution >= 4 is 29.9 Å². The number of oxazole rings is 1. The first-order valence-corrected chi connectivity index (χ1v) is 7.92. The van der Waals surface area contributed by atoms with Crippen molar-refractivity contribution in [2.75, 3.05) is 13.6 Å². The molecular formula is C18H27IN4O. The third-order valence-electron chi connectivity index (χ3n) is 3.69. The van der Waals surface area contributed by atoms with Crippen molar-refractivity contribution in [3.05, 3.63) is 52.2 Å². The van der Waals surface area contributed by atoms with E-state index < -0.39 is 0 Å². The molecule has 1 aromatic heterocycles. The van der Waals surface area contributed by atoms with Gasteiger partial charge in [0.2, 0.25) is 5.89 Å². The van der Waals surface area contributed by atoms with E-state index in [-0.39, 0.29) is 24.0 Å². The van der Waals surface area contributed by atoms with E-state index in [0.717, 1.165) is 30.4 Å². The maximum absolute atomic E-state index is 5.55. The highest BCUT2D eigenvalue weighted by Gasteiger charge is 2.06. The molecule has 0 atom stereocenters. The van der Waals surface area contributed by atoms with Crippen molar-refractivity contribution in [2.24, 2.45) is 4.99 Å². The lowest BCUT2D eigenvalue weighted by Gasteiger charge is -2.11.